The number of aromatic nitrogens is 5. The molecule has 0 saturated carbocycles. The van der Waals surface area contributed by atoms with Crippen molar-refractivity contribution in [3.05, 3.63) is 60.4 Å². The molecule has 7 nitrogen and oxygen atoms in total. The summed E-state index contributed by atoms with van der Waals surface area (Å²) in [7, 11) is 1.91. The number of aliphatic hydroxyl groups is 1. The van der Waals surface area contributed by atoms with Gasteiger partial charge in [0, 0.05) is 38.3 Å². The van der Waals surface area contributed by atoms with E-state index >= 15 is 0 Å². The van der Waals surface area contributed by atoms with Crippen LogP contribution in [0.3, 0.4) is 0 Å². The van der Waals surface area contributed by atoms with E-state index in [4.69, 9.17) is 0 Å². The third kappa shape index (κ3) is 3.68. The third-order valence-corrected chi connectivity index (χ3v) is 4.99. The molecule has 7 heteroatoms. The molecule has 1 fully saturated rings. The predicted molar refractivity (Wildman–Crippen MR) is 97.7 cm³/mol. The Balaban J connectivity index is 1.42. The van der Waals surface area contributed by atoms with Crippen molar-refractivity contribution < 1.29 is 5.11 Å². The van der Waals surface area contributed by atoms with Crippen molar-refractivity contribution in [3.63, 3.8) is 0 Å². The SMILES string of the molecule is Cn1cnnc1CC1(O)CCCN(Cc2cnn(-c3ccccc3)c2)C1. The minimum absolute atomic E-state index is 0.531. The average molecular weight is 352 g/mol. The highest BCUT2D eigenvalue weighted by Gasteiger charge is 2.34. The second kappa shape index (κ2) is 7.01. The van der Waals surface area contributed by atoms with Gasteiger partial charge in [-0.1, -0.05) is 18.2 Å². The van der Waals surface area contributed by atoms with Gasteiger partial charge in [0.2, 0.25) is 0 Å². The summed E-state index contributed by atoms with van der Waals surface area (Å²) in [5.41, 5.74) is 1.45. The molecule has 0 aliphatic carbocycles. The molecule has 1 aliphatic rings. The van der Waals surface area contributed by atoms with Crippen LogP contribution in [0.2, 0.25) is 0 Å². The fourth-order valence-corrected chi connectivity index (χ4v) is 3.67. The molecule has 136 valence electrons. The fourth-order valence-electron chi connectivity index (χ4n) is 3.67. The number of para-hydroxylation sites is 1. The van der Waals surface area contributed by atoms with E-state index < -0.39 is 5.60 Å². The van der Waals surface area contributed by atoms with E-state index in [1.807, 2.05) is 52.8 Å². The molecule has 1 saturated heterocycles. The smallest absolute Gasteiger partial charge is 0.135 e. The number of β-amino-alcohol motifs (C(OH)–C–C–N with tert-alkyl or cyclic N) is 1. The van der Waals surface area contributed by atoms with Crippen LogP contribution in [0.25, 0.3) is 5.69 Å². The van der Waals surface area contributed by atoms with Gasteiger partial charge in [0.25, 0.3) is 0 Å². The number of benzene rings is 1. The maximum absolute atomic E-state index is 11.1. The topological polar surface area (TPSA) is 72.0 Å². The zero-order valence-electron chi connectivity index (χ0n) is 15.0. The Morgan fingerprint density at radius 1 is 1.23 bits per heavy atom. The van der Waals surface area contributed by atoms with Crippen LogP contribution in [0.15, 0.2) is 49.1 Å². The van der Waals surface area contributed by atoms with Crippen LogP contribution in [0.4, 0.5) is 0 Å². The summed E-state index contributed by atoms with van der Waals surface area (Å²) in [5, 5.41) is 23.6. The zero-order valence-corrected chi connectivity index (χ0v) is 15.0. The molecule has 0 radical (unpaired) electrons. The van der Waals surface area contributed by atoms with Crippen molar-refractivity contribution >= 4 is 0 Å². The molecular formula is C19H24N6O. The van der Waals surface area contributed by atoms with Crippen LogP contribution in [0.1, 0.15) is 24.2 Å². The molecule has 26 heavy (non-hydrogen) atoms. The van der Waals surface area contributed by atoms with Gasteiger partial charge >= 0.3 is 0 Å². The summed E-state index contributed by atoms with van der Waals surface area (Å²) in [6.45, 7) is 2.40. The van der Waals surface area contributed by atoms with Crippen molar-refractivity contribution in [2.45, 2.75) is 31.4 Å². The van der Waals surface area contributed by atoms with Crippen LogP contribution in [-0.2, 0) is 20.0 Å². The Morgan fingerprint density at radius 3 is 2.85 bits per heavy atom. The van der Waals surface area contributed by atoms with Gasteiger partial charge in [0.1, 0.15) is 12.2 Å². The minimum atomic E-state index is -0.755. The standard InChI is InChI=1S/C19H24N6O/c1-23-15-20-22-18(23)10-19(26)8-5-9-24(14-19)12-16-11-21-25(13-16)17-6-3-2-4-7-17/h2-4,6-7,11,13,15,26H,5,8-10,12,14H2,1H3. The van der Waals surface area contributed by atoms with Crippen molar-refractivity contribution in [1.29, 1.82) is 0 Å². The Kier molecular flexibility index (Phi) is 4.57. The Hall–Kier alpha value is -2.51. The van der Waals surface area contributed by atoms with Gasteiger partial charge in [-0.2, -0.15) is 5.10 Å². The molecule has 0 bridgehead atoms. The minimum Gasteiger partial charge on any atom is -0.388 e. The number of aryl methyl sites for hydroxylation is 1. The van der Waals surface area contributed by atoms with E-state index in [1.165, 1.54) is 0 Å². The predicted octanol–water partition coefficient (Wildman–Crippen LogP) is 1.57. The first-order chi connectivity index (χ1) is 12.6. The van der Waals surface area contributed by atoms with Crippen molar-refractivity contribution in [2.24, 2.45) is 7.05 Å². The largest absolute Gasteiger partial charge is 0.388 e. The summed E-state index contributed by atoms with van der Waals surface area (Å²) in [6.07, 6.45) is 7.94. The number of hydrogen-bond donors (Lipinski definition) is 1. The second-order valence-corrected chi connectivity index (χ2v) is 7.20. The third-order valence-electron chi connectivity index (χ3n) is 4.99. The summed E-state index contributed by atoms with van der Waals surface area (Å²) >= 11 is 0. The van der Waals surface area contributed by atoms with Gasteiger partial charge < -0.3 is 9.67 Å². The fraction of sp³-hybridized carbons (Fsp3) is 0.421. The second-order valence-electron chi connectivity index (χ2n) is 7.20. The van der Waals surface area contributed by atoms with Gasteiger partial charge in [-0.05, 0) is 31.5 Å². The molecule has 1 aromatic carbocycles. The molecule has 1 N–H and O–H groups in total. The van der Waals surface area contributed by atoms with Crippen LogP contribution in [0, 0.1) is 0 Å². The number of hydrogen-bond acceptors (Lipinski definition) is 5. The van der Waals surface area contributed by atoms with E-state index in [9.17, 15) is 5.11 Å². The van der Waals surface area contributed by atoms with Crippen LogP contribution < -0.4 is 0 Å². The molecular weight excluding hydrogens is 328 g/mol. The highest BCUT2D eigenvalue weighted by atomic mass is 16.3. The van der Waals surface area contributed by atoms with E-state index in [0.29, 0.717) is 13.0 Å². The normalized spacial score (nSPS) is 21.2. The molecule has 1 aliphatic heterocycles. The molecule has 4 rings (SSSR count). The lowest BCUT2D eigenvalue weighted by Gasteiger charge is -2.38. The summed E-state index contributed by atoms with van der Waals surface area (Å²) in [4.78, 5) is 2.30. The van der Waals surface area contributed by atoms with Crippen molar-refractivity contribution in [1.82, 2.24) is 29.4 Å². The monoisotopic (exact) mass is 352 g/mol. The summed E-state index contributed by atoms with van der Waals surface area (Å²) < 4.78 is 3.77. The zero-order chi connectivity index (χ0) is 18.0. The van der Waals surface area contributed by atoms with Crippen LogP contribution in [0.5, 0.6) is 0 Å². The number of rotatable bonds is 5. The van der Waals surface area contributed by atoms with E-state index in [2.05, 4.69) is 26.4 Å². The van der Waals surface area contributed by atoms with E-state index in [0.717, 1.165) is 43.0 Å². The van der Waals surface area contributed by atoms with Crippen LogP contribution in [-0.4, -0.2) is 53.2 Å². The van der Waals surface area contributed by atoms with Gasteiger partial charge in [-0.15, -0.1) is 10.2 Å². The lowest BCUT2D eigenvalue weighted by Crippen LogP contribution is -2.49. The highest BCUT2D eigenvalue weighted by molar-refractivity contribution is 5.30. The number of piperidine rings is 1. The van der Waals surface area contributed by atoms with Gasteiger partial charge in [-0.3, -0.25) is 4.90 Å². The number of nitrogens with zero attached hydrogens (tertiary/aromatic N) is 6. The first-order valence-corrected chi connectivity index (χ1v) is 8.98. The molecule has 1 unspecified atom stereocenters. The Morgan fingerprint density at radius 2 is 2.08 bits per heavy atom. The van der Waals surface area contributed by atoms with Gasteiger partial charge in [0.15, 0.2) is 0 Å². The van der Waals surface area contributed by atoms with Gasteiger partial charge in [0.05, 0.1) is 17.5 Å². The molecule has 2 aromatic heterocycles. The molecule has 0 spiro atoms. The molecule has 3 heterocycles. The maximum atomic E-state index is 11.1. The van der Waals surface area contributed by atoms with Crippen molar-refractivity contribution in [2.75, 3.05) is 13.1 Å². The first-order valence-electron chi connectivity index (χ1n) is 8.98. The molecule has 0 amide bonds. The maximum Gasteiger partial charge on any atom is 0.135 e. The average Bonchev–Trinajstić information content (AvgIpc) is 3.25. The van der Waals surface area contributed by atoms with E-state index in [1.54, 1.807) is 6.33 Å². The van der Waals surface area contributed by atoms with Gasteiger partial charge in [-0.25, -0.2) is 4.68 Å². The lowest BCUT2D eigenvalue weighted by atomic mass is 9.89. The first kappa shape index (κ1) is 16.9. The summed E-state index contributed by atoms with van der Waals surface area (Å²) in [5.74, 6) is 0.825. The Labute approximate surface area is 152 Å². The van der Waals surface area contributed by atoms with Crippen molar-refractivity contribution in [3.8, 4) is 5.69 Å². The molecule has 1 atom stereocenters. The summed E-state index contributed by atoms with van der Waals surface area (Å²) in [6, 6.07) is 10.1. The van der Waals surface area contributed by atoms with E-state index in [-0.39, 0.29) is 0 Å². The highest BCUT2D eigenvalue weighted by Crippen LogP contribution is 2.25. The number of likely N-dealkylation sites (tertiary alicyclic amines) is 1. The lowest BCUT2D eigenvalue weighted by molar-refractivity contribution is -0.0344. The van der Waals surface area contributed by atoms with Crippen LogP contribution >= 0.6 is 0 Å². The quantitative estimate of drug-likeness (QED) is 0.755. The Bertz CT molecular complexity index is 858. The molecule has 3 aromatic rings.